The minimum absolute atomic E-state index is 0.177. The molecule has 0 radical (unpaired) electrons. The van der Waals surface area contributed by atoms with Crippen molar-refractivity contribution in [3.8, 4) is 5.69 Å². The van der Waals surface area contributed by atoms with Crippen LogP contribution in [-0.2, 0) is 6.54 Å². The molecule has 3 rings (SSSR count). The average molecular weight is 313 g/mol. The molecule has 23 heavy (non-hydrogen) atoms. The third-order valence-electron chi connectivity index (χ3n) is 4.88. The highest BCUT2D eigenvalue weighted by molar-refractivity contribution is 5.33. The Bertz CT molecular complexity index is 646. The summed E-state index contributed by atoms with van der Waals surface area (Å²) in [7, 11) is 0. The molecule has 0 spiro atoms. The summed E-state index contributed by atoms with van der Waals surface area (Å²) in [6.07, 6.45) is 4.54. The van der Waals surface area contributed by atoms with Crippen LogP contribution < -0.4 is 5.32 Å². The summed E-state index contributed by atoms with van der Waals surface area (Å²) in [5.41, 5.74) is 3.23. The van der Waals surface area contributed by atoms with Gasteiger partial charge in [0, 0.05) is 23.8 Å². The van der Waals surface area contributed by atoms with Crippen LogP contribution in [0.15, 0.2) is 36.5 Å². The SMILES string of the molecule is CC(C)c1nn(-c2ccccc2)cc1CNC(C)(CO)C1CC1. The Labute approximate surface area is 138 Å². The predicted molar refractivity (Wildman–Crippen MR) is 92.7 cm³/mol. The zero-order valence-corrected chi connectivity index (χ0v) is 14.3. The molecule has 124 valence electrons. The molecule has 1 aromatic carbocycles. The molecule has 4 heteroatoms. The van der Waals surface area contributed by atoms with Crippen LogP contribution in [0.1, 0.15) is 50.8 Å². The topological polar surface area (TPSA) is 50.1 Å². The summed E-state index contributed by atoms with van der Waals surface area (Å²) in [5.74, 6) is 0.970. The first-order chi connectivity index (χ1) is 11.0. The van der Waals surface area contributed by atoms with Crippen LogP contribution in [0.2, 0.25) is 0 Å². The Hall–Kier alpha value is -1.65. The van der Waals surface area contributed by atoms with E-state index in [0.29, 0.717) is 11.8 Å². The van der Waals surface area contributed by atoms with Gasteiger partial charge in [-0.3, -0.25) is 0 Å². The van der Waals surface area contributed by atoms with Gasteiger partial charge < -0.3 is 10.4 Å². The largest absolute Gasteiger partial charge is 0.394 e. The molecule has 2 aromatic rings. The van der Waals surface area contributed by atoms with Gasteiger partial charge in [-0.15, -0.1) is 0 Å². The van der Waals surface area contributed by atoms with Crippen molar-refractivity contribution in [1.82, 2.24) is 15.1 Å². The summed E-state index contributed by atoms with van der Waals surface area (Å²) in [5, 5.41) is 18.1. The molecule has 1 atom stereocenters. The molecule has 0 aliphatic heterocycles. The first-order valence-electron chi connectivity index (χ1n) is 8.53. The number of aliphatic hydroxyl groups is 1. The van der Waals surface area contributed by atoms with Crippen LogP contribution in [0, 0.1) is 5.92 Å². The standard InChI is InChI=1S/C19H27N3O/c1-14(2)18-15(11-20-19(3,13-23)16-9-10-16)12-22(21-18)17-7-5-4-6-8-17/h4-8,12,14,16,20,23H,9-11,13H2,1-3H3. The molecule has 1 unspecified atom stereocenters. The fourth-order valence-corrected chi connectivity index (χ4v) is 3.11. The monoisotopic (exact) mass is 313 g/mol. The van der Waals surface area contributed by atoms with E-state index in [2.05, 4.69) is 44.4 Å². The molecule has 1 aromatic heterocycles. The van der Waals surface area contributed by atoms with Crippen LogP contribution in [0.4, 0.5) is 0 Å². The van der Waals surface area contributed by atoms with Crippen LogP contribution in [-0.4, -0.2) is 27.0 Å². The van der Waals surface area contributed by atoms with E-state index in [9.17, 15) is 5.11 Å². The number of benzene rings is 1. The molecule has 0 amide bonds. The second-order valence-electron chi connectivity index (χ2n) is 7.18. The van der Waals surface area contributed by atoms with E-state index in [-0.39, 0.29) is 12.1 Å². The summed E-state index contributed by atoms with van der Waals surface area (Å²) in [4.78, 5) is 0. The van der Waals surface area contributed by atoms with E-state index in [0.717, 1.165) is 17.9 Å². The maximum absolute atomic E-state index is 9.75. The molecule has 1 aliphatic carbocycles. The highest BCUT2D eigenvalue weighted by Gasteiger charge is 2.40. The first kappa shape index (κ1) is 16.2. The van der Waals surface area contributed by atoms with E-state index in [4.69, 9.17) is 5.10 Å². The third kappa shape index (κ3) is 3.48. The number of rotatable bonds is 7. The fraction of sp³-hybridized carbons (Fsp3) is 0.526. The van der Waals surface area contributed by atoms with Gasteiger partial charge in [0.1, 0.15) is 0 Å². The molecular formula is C19H27N3O. The van der Waals surface area contributed by atoms with Crippen molar-refractivity contribution < 1.29 is 5.11 Å². The van der Waals surface area contributed by atoms with Gasteiger partial charge in [0.25, 0.3) is 0 Å². The average Bonchev–Trinajstić information content (AvgIpc) is 3.33. The lowest BCUT2D eigenvalue weighted by atomic mass is 9.96. The summed E-state index contributed by atoms with van der Waals surface area (Å²) < 4.78 is 1.96. The minimum Gasteiger partial charge on any atom is -0.394 e. The van der Waals surface area contributed by atoms with Crippen molar-refractivity contribution in [2.24, 2.45) is 5.92 Å². The van der Waals surface area contributed by atoms with E-state index in [1.807, 2.05) is 22.9 Å². The Balaban J connectivity index is 1.82. The second-order valence-corrected chi connectivity index (χ2v) is 7.18. The van der Waals surface area contributed by atoms with Crippen molar-refractivity contribution in [3.05, 3.63) is 47.8 Å². The van der Waals surface area contributed by atoms with Crippen molar-refractivity contribution in [1.29, 1.82) is 0 Å². The Morgan fingerprint density at radius 3 is 2.57 bits per heavy atom. The number of hydrogen-bond acceptors (Lipinski definition) is 3. The van der Waals surface area contributed by atoms with Crippen LogP contribution in [0.5, 0.6) is 0 Å². The lowest BCUT2D eigenvalue weighted by Crippen LogP contribution is -2.47. The van der Waals surface area contributed by atoms with E-state index in [1.165, 1.54) is 18.4 Å². The predicted octanol–water partition coefficient (Wildman–Crippen LogP) is 3.25. The number of aliphatic hydroxyl groups excluding tert-OH is 1. The number of aromatic nitrogens is 2. The first-order valence-corrected chi connectivity index (χ1v) is 8.53. The van der Waals surface area contributed by atoms with Gasteiger partial charge in [-0.2, -0.15) is 5.10 Å². The van der Waals surface area contributed by atoms with Crippen molar-refractivity contribution in [2.45, 2.75) is 51.6 Å². The molecular weight excluding hydrogens is 286 g/mol. The van der Waals surface area contributed by atoms with Gasteiger partial charge in [-0.1, -0.05) is 32.0 Å². The zero-order chi connectivity index (χ0) is 16.4. The zero-order valence-electron chi connectivity index (χ0n) is 14.3. The van der Waals surface area contributed by atoms with Crippen molar-refractivity contribution in [2.75, 3.05) is 6.61 Å². The van der Waals surface area contributed by atoms with E-state index < -0.39 is 0 Å². The third-order valence-corrected chi connectivity index (χ3v) is 4.88. The molecule has 0 bridgehead atoms. The summed E-state index contributed by atoms with van der Waals surface area (Å²) in [6.45, 7) is 7.40. The lowest BCUT2D eigenvalue weighted by Gasteiger charge is -2.29. The van der Waals surface area contributed by atoms with Crippen LogP contribution in [0.25, 0.3) is 5.69 Å². The molecule has 0 saturated heterocycles. The van der Waals surface area contributed by atoms with Gasteiger partial charge in [0.15, 0.2) is 0 Å². The van der Waals surface area contributed by atoms with Crippen molar-refractivity contribution >= 4 is 0 Å². The fourth-order valence-electron chi connectivity index (χ4n) is 3.11. The molecule has 1 heterocycles. The second kappa shape index (κ2) is 6.46. The van der Waals surface area contributed by atoms with Gasteiger partial charge in [-0.25, -0.2) is 4.68 Å². The number of hydrogen-bond donors (Lipinski definition) is 2. The van der Waals surface area contributed by atoms with Crippen LogP contribution >= 0.6 is 0 Å². The lowest BCUT2D eigenvalue weighted by molar-refractivity contribution is 0.153. The highest BCUT2D eigenvalue weighted by atomic mass is 16.3. The van der Waals surface area contributed by atoms with Gasteiger partial charge >= 0.3 is 0 Å². The summed E-state index contributed by atoms with van der Waals surface area (Å²) >= 11 is 0. The molecule has 1 aliphatic rings. The summed E-state index contributed by atoms with van der Waals surface area (Å²) in [6, 6.07) is 10.2. The number of para-hydroxylation sites is 1. The quantitative estimate of drug-likeness (QED) is 0.825. The van der Waals surface area contributed by atoms with Crippen LogP contribution in [0.3, 0.4) is 0 Å². The van der Waals surface area contributed by atoms with Gasteiger partial charge in [0.2, 0.25) is 0 Å². The maximum Gasteiger partial charge on any atom is 0.0699 e. The maximum atomic E-state index is 9.75. The normalized spacial score (nSPS) is 17.4. The Kier molecular flexibility index (Phi) is 4.55. The smallest absolute Gasteiger partial charge is 0.0699 e. The highest BCUT2D eigenvalue weighted by Crippen LogP contribution is 2.39. The van der Waals surface area contributed by atoms with Crippen molar-refractivity contribution in [3.63, 3.8) is 0 Å². The Morgan fingerprint density at radius 1 is 1.30 bits per heavy atom. The Morgan fingerprint density at radius 2 is 2.00 bits per heavy atom. The van der Waals surface area contributed by atoms with E-state index >= 15 is 0 Å². The number of nitrogens with one attached hydrogen (secondary N) is 1. The molecule has 1 saturated carbocycles. The van der Waals surface area contributed by atoms with Gasteiger partial charge in [0.05, 0.1) is 18.0 Å². The number of nitrogens with zero attached hydrogens (tertiary/aromatic N) is 2. The molecule has 4 nitrogen and oxygen atoms in total. The minimum atomic E-state index is -0.177. The van der Waals surface area contributed by atoms with E-state index in [1.54, 1.807) is 0 Å². The molecule has 2 N–H and O–H groups in total. The van der Waals surface area contributed by atoms with Gasteiger partial charge in [-0.05, 0) is 43.7 Å². The molecule has 1 fully saturated rings.